The first kappa shape index (κ1) is 21.0. The minimum absolute atomic E-state index is 0.0312. The van der Waals surface area contributed by atoms with Crippen LogP contribution in [0, 0.1) is 10.1 Å². The lowest BCUT2D eigenvalue weighted by Gasteiger charge is -2.24. The van der Waals surface area contributed by atoms with E-state index in [9.17, 15) is 24.8 Å². The van der Waals surface area contributed by atoms with E-state index in [0.717, 1.165) is 12.0 Å². The van der Waals surface area contributed by atoms with Crippen LogP contribution in [0.4, 0.5) is 5.69 Å². The predicted molar refractivity (Wildman–Crippen MR) is 115 cm³/mol. The summed E-state index contributed by atoms with van der Waals surface area (Å²) in [5.41, 5.74) is 1.45. The number of hydrogen-bond donors (Lipinski definition) is 1. The Kier molecular flexibility index (Phi) is 5.59. The fourth-order valence-corrected chi connectivity index (χ4v) is 3.82. The largest absolute Gasteiger partial charge is 0.507 e. The number of ketones is 1. The van der Waals surface area contributed by atoms with Crippen molar-refractivity contribution in [1.82, 2.24) is 4.90 Å². The van der Waals surface area contributed by atoms with Crippen LogP contribution >= 0.6 is 0 Å². The van der Waals surface area contributed by atoms with Gasteiger partial charge in [-0.1, -0.05) is 43.3 Å². The van der Waals surface area contributed by atoms with Gasteiger partial charge in [-0.2, -0.15) is 0 Å². The lowest BCUT2D eigenvalue weighted by molar-refractivity contribution is -0.384. The molecule has 8 heteroatoms. The number of aliphatic hydroxyl groups excluding tert-OH is 1. The zero-order valence-electron chi connectivity index (χ0n) is 17.2. The molecule has 8 nitrogen and oxygen atoms in total. The fourth-order valence-electron chi connectivity index (χ4n) is 3.82. The fraction of sp³-hybridized carbons (Fsp3) is 0.167. The van der Waals surface area contributed by atoms with E-state index in [1.807, 2.05) is 31.2 Å². The highest BCUT2D eigenvalue weighted by molar-refractivity contribution is 6.46. The Morgan fingerprint density at radius 1 is 1.12 bits per heavy atom. The Morgan fingerprint density at radius 3 is 2.50 bits per heavy atom. The molecular formula is C24H20N2O6. The van der Waals surface area contributed by atoms with Crippen molar-refractivity contribution in [2.24, 2.45) is 0 Å². The van der Waals surface area contributed by atoms with Crippen molar-refractivity contribution in [1.29, 1.82) is 0 Å². The molecule has 1 unspecified atom stereocenters. The first-order valence-corrected chi connectivity index (χ1v) is 10.0. The first-order chi connectivity index (χ1) is 15.4. The number of nitro groups is 1. The highest BCUT2D eigenvalue weighted by Crippen LogP contribution is 2.40. The Hall–Kier alpha value is -4.20. The number of Topliss-reactive ketones (excluding diaryl/α,β-unsaturated/α-hetero) is 1. The lowest BCUT2D eigenvalue weighted by atomic mass is 9.94. The van der Waals surface area contributed by atoms with Crippen LogP contribution in [0.25, 0.3) is 5.76 Å². The highest BCUT2D eigenvalue weighted by atomic mass is 16.6. The molecule has 0 bridgehead atoms. The van der Waals surface area contributed by atoms with Gasteiger partial charge < -0.3 is 14.4 Å². The van der Waals surface area contributed by atoms with E-state index in [1.54, 1.807) is 12.1 Å². The molecule has 0 saturated carbocycles. The van der Waals surface area contributed by atoms with E-state index in [4.69, 9.17) is 4.42 Å². The number of furan rings is 1. The molecule has 162 valence electrons. The SMILES string of the molecule is CCc1ccc(C2C(=C(O)c3cccc([N+](=O)[O-])c3)C(=O)C(=O)N2Cc2ccco2)cc1. The molecule has 1 N–H and O–H groups in total. The topological polar surface area (TPSA) is 114 Å². The number of aliphatic hydroxyl groups is 1. The molecule has 0 spiro atoms. The van der Waals surface area contributed by atoms with Crippen LogP contribution in [0.5, 0.6) is 0 Å². The van der Waals surface area contributed by atoms with E-state index in [-0.39, 0.29) is 23.4 Å². The van der Waals surface area contributed by atoms with Gasteiger partial charge in [0.2, 0.25) is 0 Å². The number of nitrogens with zero attached hydrogens (tertiary/aromatic N) is 2. The number of hydrogen-bond acceptors (Lipinski definition) is 6. The maximum atomic E-state index is 13.0. The molecular weight excluding hydrogens is 412 g/mol. The molecule has 1 aromatic heterocycles. The van der Waals surface area contributed by atoms with Gasteiger partial charge in [0.05, 0.1) is 29.3 Å². The Morgan fingerprint density at radius 2 is 1.88 bits per heavy atom. The summed E-state index contributed by atoms with van der Waals surface area (Å²) < 4.78 is 5.36. The zero-order valence-corrected chi connectivity index (χ0v) is 17.2. The zero-order chi connectivity index (χ0) is 22.8. The van der Waals surface area contributed by atoms with Crippen LogP contribution < -0.4 is 0 Å². The van der Waals surface area contributed by atoms with Gasteiger partial charge in [0, 0.05) is 17.7 Å². The predicted octanol–water partition coefficient (Wildman–Crippen LogP) is 4.37. The average Bonchev–Trinajstić information content (AvgIpc) is 3.41. The maximum Gasteiger partial charge on any atom is 0.296 e. The number of carbonyl (C=O) groups is 2. The molecule has 1 saturated heterocycles. The second-order valence-electron chi connectivity index (χ2n) is 7.41. The number of nitro benzene ring substituents is 1. The molecule has 2 aromatic carbocycles. The summed E-state index contributed by atoms with van der Waals surface area (Å²) in [5, 5.41) is 22.2. The number of carbonyl (C=O) groups excluding carboxylic acids is 2. The standard InChI is InChI=1S/C24H20N2O6/c1-2-15-8-10-16(11-9-15)21-20(22(27)17-5-3-6-18(13-17)26(30)31)23(28)24(29)25(21)14-19-7-4-12-32-19/h3-13,21,27H,2,14H2,1H3. The van der Waals surface area contributed by atoms with Gasteiger partial charge in [-0.3, -0.25) is 19.7 Å². The minimum Gasteiger partial charge on any atom is -0.507 e. The maximum absolute atomic E-state index is 13.0. The van der Waals surface area contributed by atoms with Crippen LogP contribution in [0.15, 0.2) is 76.9 Å². The summed E-state index contributed by atoms with van der Waals surface area (Å²) in [6.07, 6.45) is 2.29. The van der Waals surface area contributed by atoms with Gasteiger partial charge in [-0.25, -0.2) is 0 Å². The van der Waals surface area contributed by atoms with Crippen LogP contribution in [0.1, 0.15) is 35.4 Å². The Labute approximate surface area is 183 Å². The first-order valence-electron chi connectivity index (χ1n) is 10.0. The van der Waals surface area contributed by atoms with Gasteiger partial charge >= 0.3 is 0 Å². The normalized spacial score (nSPS) is 17.7. The van der Waals surface area contributed by atoms with E-state index < -0.39 is 28.4 Å². The van der Waals surface area contributed by atoms with Crippen LogP contribution in [0.2, 0.25) is 0 Å². The lowest BCUT2D eigenvalue weighted by Crippen LogP contribution is -2.29. The third kappa shape index (κ3) is 3.78. The van der Waals surface area contributed by atoms with Crippen molar-refractivity contribution in [2.75, 3.05) is 0 Å². The Bertz CT molecular complexity index is 1210. The summed E-state index contributed by atoms with van der Waals surface area (Å²) in [5.74, 6) is -1.61. The van der Waals surface area contributed by atoms with E-state index >= 15 is 0 Å². The molecule has 1 atom stereocenters. The van der Waals surface area contributed by atoms with Crippen molar-refractivity contribution < 1.29 is 24.0 Å². The third-order valence-electron chi connectivity index (χ3n) is 5.48. The second-order valence-corrected chi connectivity index (χ2v) is 7.41. The number of amides is 1. The minimum atomic E-state index is -0.870. The number of benzene rings is 2. The summed E-state index contributed by atoms with van der Waals surface area (Å²) in [6, 6.07) is 15.3. The van der Waals surface area contributed by atoms with Gasteiger partial charge in [-0.15, -0.1) is 0 Å². The van der Waals surface area contributed by atoms with Crippen molar-refractivity contribution in [2.45, 2.75) is 25.9 Å². The van der Waals surface area contributed by atoms with Gasteiger partial charge in [-0.05, 0) is 29.7 Å². The number of aryl methyl sites for hydroxylation is 1. The second kappa shape index (κ2) is 8.50. The number of rotatable bonds is 6. The van der Waals surface area contributed by atoms with Crippen LogP contribution in [-0.4, -0.2) is 26.6 Å². The monoisotopic (exact) mass is 432 g/mol. The molecule has 1 amide bonds. The summed E-state index contributed by atoms with van der Waals surface area (Å²) in [7, 11) is 0. The summed E-state index contributed by atoms with van der Waals surface area (Å²) >= 11 is 0. The van der Waals surface area contributed by atoms with Crippen molar-refractivity contribution in [3.05, 3.63) is 105 Å². The smallest absolute Gasteiger partial charge is 0.296 e. The molecule has 1 aliphatic rings. The molecule has 1 fully saturated rings. The number of non-ortho nitro benzene ring substituents is 1. The van der Waals surface area contributed by atoms with Gasteiger partial charge in [0.25, 0.3) is 17.4 Å². The molecule has 32 heavy (non-hydrogen) atoms. The summed E-state index contributed by atoms with van der Waals surface area (Å²) in [6.45, 7) is 2.05. The quantitative estimate of drug-likeness (QED) is 0.203. The summed E-state index contributed by atoms with van der Waals surface area (Å²) in [4.78, 5) is 37.9. The molecule has 2 heterocycles. The molecule has 4 rings (SSSR count). The van der Waals surface area contributed by atoms with Gasteiger partial charge in [0.15, 0.2) is 0 Å². The molecule has 1 aliphatic heterocycles. The van der Waals surface area contributed by atoms with E-state index in [1.165, 1.54) is 35.4 Å². The molecule has 0 radical (unpaired) electrons. The number of likely N-dealkylation sites (tertiary alicyclic amines) is 1. The van der Waals surface area contributed by atoms with Crippen molar-refractivity contribution in [3.63, 3.8) is 0 Å². The van der Waals surface area contributed by atoms with E-state index in [0.29, 0.717) is 11.3 Å². The van der Waals surface area contributed by atoms with Crippen LogP contribution in [0.3, 0.4) is 0 Å². The third-order valence-corrected chi connectivity index (χ3v) is 5.48. The average molecular weight is 432 g/mol. The van der Waals surface area contributed by atoms with Gasteiger partial charge in [0.1, 0.15) is 11.5 Å². The van der Waals surface area contributed by atoms with E-state index in [2.05, 4.69) is 0 Å². The van der Waals surface area contributed by atoms with Crippen LogP contribution in [-0.2, 0) is 22.6 Å². The molecule has 0 aliphatic carbocycles. The van der Waals surface area contributed by atoms with Crippen molar-refractivity contribution in [3.8, 4) is 0 Å². The Balaban J connectivity index is 1.87. The highest BCUT2D eigenvalue weighted by Gasteiger charge is 2.46. The molecule has 3 aromatic rings. The van der Waals surface area contributed by atoms with Crippen molar-refractivity contribution >= 4 is 23.1 Å².